The molecule has 6 aromatic carbocycles. The van der Waals surface area contributed by atoms with Crippen LogP contribution in [0.2, 0.25) is 0 Å². The van der Waals surface area contributed by atoms with E-state index in [9.17, 15) is 14.4 Å². The van der Waals surface area contributed by atoms with Crippen LogP contribution < -0.4 is 0 Å². The largest absolute Gasteiger partial charge is 0.457 e. The number of thioether (sulfide) groups is 1. The second kappa shape index (κ2) is 25.8. The zero-order chi connectivity index (χ0) is 50.4. The van der Waals surface area contributed by atoms with Gasteiger partial charge in [0.15, 0.2) is 12.4 Å². The van der Waals surface area contributed by atoms with E-state index in [1.54, 1.807) is 24.3 Å². The van der Waals surface area contributed by atoms with E-state index < -0.39 is 78.3 Å². The number of carbonyl (C=O) groups excluding carboxylic acids is 3. The molecule has 0 saturated carbocycles. The van der Waals surface area contributed by atoms with Crippen molar-refractivity contribution in [2.24, 2.45) is 0 Å². The number of carbonyl (C=O) groups is 3. The van der Waals surface area contributed by atoms with Crippen LogP contribution in [-0.4, -0.2) is 102 Å². The van der Waals surface area contributed by atoms with Crippen molar-refractivity contribution < 1.29 is 57.0 Å². The van der Waals surface area contributed by atoms with Crippen molar-refractivity contribution in [2.75, 3.05) is 19.0 Å². The first kappa shape index (κ1) is 51.8. The van der Waals surface area contributed by atoms with E-state index in [4.69, 9.17) is 42.6 Å². The summed E-state index contributed by atoms with van der Waals surface area (Å²) in [7, 11) is 0. The summed E-state index contributed by atoms with van der Waals surface area (Å²) in [6.45, 7) is 4.27. The van der Waals surface area contributed by atoms with Crippen molar-refractivity contribution in [1.29, 1.82) is 0 Å². The number of rotatable bonds is 23. The first-order valence-corrected chi connectivity index (χ1v) is 25.8. The van der Waals surface area contributed by atoms with Crippen LogP contribution in [0.25, 0.3) is 0 Å². The Morgan fingerprint density at radius 3 is 1.33 bits per heavy atom. The summed E-state index contributed by atoms with van der Waals surface area (Å²) in [5.41, 5.74) is 4.32. The van der Waals surface area contributed by atoms with E-state index in [0.29, 0.717) is 12.4 Å². The number of nitrogens with zero attached hydrogens (tertiary/aromatic N) is 1. The summed E-state index contributed by atoms with van der Waals surface area (Å²) in [6, 6.07) is 54.7. The summed E-state index contributed by atoms with van der Waals surface area (Å²) in [4.78, 5) is 43.0. The maximum absolute atomic E-state index is 14.3. The van der Waals surface area contributed by atoms with Crippen LogP contribution in [-0.2, 0) is 80.5 Å². The van der Waals surface area contributed by atoms with Gasteiger partial charge in [-0.1, -0.05) is 171 Å². The van der Waals surface area contributed by atoms with Crippen LogP contribution in [0.1, 0.15) is 62.4 Å². The maximum Gasteiger partial charge on any atom is 0.303 e. The third-order valence-corrected chi connectivity index (χ3v) is 14.0. The van der Waals surface area contributed by atoms with Gasteiger partial charge in [-0.05, 0) is 45.7 Å². The van der Waals surface area contributed by atoms with Crippen LogP contribution in [0, 0.1) is 0 Å². The molecule has 3 aliphatic rings. The quantitative estimate of drug-likeness (QED) is 0.0446. The molecule has 0 N–H and O–H groups in total. The van der Waals surface area contributed by atoms with Crippen LogP contribution in [0.3, 0.4) is 0 Å². The van der Waals surface area contributed by atoms with E-state index >= 15 is 0 Å². The molecule has 0 unspecified atom stereocenters. The van der Waals surface area contributed by atoms with Crippen LogP contribution in [0.15, 0.2) is 176 Å². The molecule has 2 saturated heterocycles. The van der Waals surface area contributed by atoms with Gasteiger partial charge in [-0.15, -0.1) is 11.8 Å². The van der Waals surface area contributed by atoms with Gasteiger partial charge in [0.25, 0.3) is 11.8 Å². The van der Waals surface area contributed by atoms with Gasteiger partial charge in [0, 0.05) is 6.92 Å². The summed E-state index contributed by atoms with van der Waals surface area (Å²) in [5, 5.41) is 0. The Morgan fingerprint density at radius 2 is 0.877 bits per heavy atom. The normalized spacial score (nSPS) is 24.8. The van der Waals surface area contributed by atoms with Gasteiger partial charge in [0.2, 0.25) is 0 Å². The number of benzene rings is 6. The number of imide groups is 1. The van der Waals surface area contributed by atoms with E-state index in [2.05, 4.69) is 0 Å². The molecule has 0 spiro atoms. The molecule has 13 nitrogen and oxygen atoms in total. The summed E-state index contributed by atoms with van der Waals surface area (Å²) in [5.74, 6) is -1.10. The Bertz CT molecular complexity index is 2630. The fourth-order valence-corrected chi connectivity index (χ4v) is 10.5. The smallest absolute Gasteiger partial charge is 0.303 e. The van der Waals surface area contributed by atoms with E-state index in [1.807, 2.05) is 159 Å². The Hall–Kier alpha value is -6.04. The molecule has 10 atom stereocenters. The predicted octanol–water partition coefficient (Wildman–Crippen LogP) is 9.36. The lowest BCUT2D eigenvalue weighted by molar-refractivity contribution is -0.335. The highest BCUT2D eigenvalue weighted by molar-refractivity contribution is 7.99. The Kier molecular flexibility index (Phi) is 18.3. The number of hydrogen-bond acceptors (Lipinski definition) is 13. The van der Waals surface area contributed by atoms with Crippen LogP contribution in [0.4, 0.5) is 0 Å². The number of amides is 2. The van der Waals surface area contributed by atoms with Gasteiger partial charge < -0.3 is 42.6 Å². The van der Waals surface area contributed by atoms with Gasteiger partial charge in [-0.25, -0.2) is 0 Å². The molecule has 73 heavy (non-hydrogen) atoms. The highest BCUT2D eigenvalue weighted by Gasteiger charge is 2.57. The fourth-order valence-electron chi connectivity index (χ4n) is 9.44. The van der Waals surface area contributed by atoms with Crippen molar-refractivity contribution in [2.45, 2.75) is 107 Å². The average Bonchev–Trinajstić information content (AvgIpc) is 3.67. The monoisotopic (exact) mass is 1010 g/mol. The molecule has 2 amide bonds. The minimum Gasteiger partial charge on any atom is -0.457 e. The standard InChI is InChI=1S/C59H61NO12S/c1-3-73-59-50(60-56(62)46-31-19-20-32-47(46)57(60)63)53(70-40(2)61)51(65-34-42-23-11-5-12-24-42)49(72-59)39-69-58-55(68-37-45-29-17-8-18-30-45)54(67-36-44-27-15-7-16-28-44)52(66-35-43-25-13-6-14-26-43)48(71-58)38-64-33-41-21-9-4-10-22-41/h4-32,48-55,58-59H,3,33-39H2,1-2H3/t48-,49-,50-,51-,52-,53-,54+,55+,58-,59+/m1/s1. The van der Waals surface area contributed by atoms with Crippen molar-refractivity contribution in [3.63, 3.8) is 0 Å². The molecule has 2 fully saturated rings. The lowest BCUT2D eigenvalue weighted by Gasteiger charge is -2.49. The van der Waals surface area contributed by atoms with Gasteiger partial charge in [0.05, 0.1) is 57.4 Å². The number of esters is 1. The minimum atomic E-state index is -1.18. The molecule has 9 rings (SSSR count). The predicted molar refractivity (Wildman–Crippen MR) is 274 cm³/mol. The average molecular weight is 1010 g/mol. The molecular formula is C59H61NO12S. The van der Waals surface area contributed by atoms with E-state index in [-0.39, 0.29) is 50.8 Å². The minimum absolute atomic E-state index is 0.0863. The number of hydrogen-bond donors (Lipinski definition) is 0. The van der Waals surface area contributed by atoms with E-state index in [0.717, 1.165) is 27.8 Å². The molecule has 0 aromatic heterocycles. The molecule has 3 aliphatic heterocycles. The van der Waals surface area contributed by atoms with Crippen molar-refractivity contribution >= 4 is 29.5 Å². The number of fused-ring (bicyclic) bond motifs is 1. The molecule has 14 heteroatoms. The number of ether oxygens (including phenoxy) is 9. The van der Waals surface area contributed by atoms with Crippen LogP contribution >= 0.6 is 11.8 Å². The van der Waals surface area contributed by atoms with Gasteiger partial charge in [0.1, 0.15) is 48.1 Å². The first-order chi connectivity index (χ1) is 35.8. The lowest BCUT2D eigenvalue weighted by Crippen LogP contribution is -2.66. The maximum atomic E-state index is 14.3. The molecule has 0 aliphatic carbocycles. The summed E-state index contributed by atoms with van der Waals surface area (Å²) < 4.78 is 61.2. The highest BCUT2D eigenvalue weighted by Crippen LogP contribution is 2.40. The summed E-state index contributed by atoms with van der Waals surface area (Å²) in [6.07, 6.45) is -7.40. The molecule has 3 heterocycles. The molecule has 6 aromatic rings. The van der Waals surface area contributed by atoms with Gasteiger partial charge in [-0.2, -0.15) is 0 Å². The SMILES string of the molecule is CCS[C@@H]1O[C@H](CO[C@@H]2O[C@H](COCc3ccccc3)[C@@H](OCc3ccccc3)[C@H](OCc3ccccc3)[C@@H]2OCc2ccccc2)[C@@H](OCc2ccccc2)[C@H](OC(C)=O)[C@H]1N1C(=O)c2ccccc2C1=O. The molecule has 0 bridgehead atoms. The topological polar surface area (TPSA) is 138 Å². The van der Waals surface area contributed by atoms with Crippen molar-refractivity contribution in [3.8, 4) is 0 Å². The Balaban J connectivity index is 1.07. The Morgan fingerprint density at radius 1 is 0.479 bits per heavy atom. The van der Waals surface area contributed by atoms with Gasteiger partial charge >= 0.3 is 5.97 Å². The van der Waals surface area contributed by atoms with Gasteiger partial charge in [-0.3, -0.25) is 19.3 Å². The third-order valence-electron chi connectivity index (χ3n) is 12.9. The zero-order valence-corrected chi connectivity index (χ0v) is 41.7. The fraction of sp³-hybridized carbons (Fsp3) is 0.339. The molecule has 380 valence electrons. The lowest BCUT2D eigenvalue weighted by atomic mass is 9.95. The zero-order valence-electron chi connectivity index (χ0n) is 40.9. The van der Waals surface area contributed by atoms with Crippen LogP contribution in [0.5, 0.6) is 0 Å². The highest BCUT2D eigenvalue weighted by atomic mass is 32.2. The molecule has 0 radical (unpaired) electrons. The van der Waals surface area contributed by atoms with E-state index in [1.165, 1.54) is 23.6 Å². The second-order valence-corrected chi connectivity index (χ2v) is 19.4. The first-order valence-electron chi connectivity index (χ1n) is 24.8. The van der Waals surface area contributed by atoms with Crippen molar-refractivity contribution in [3.05, 3.63) is 215 Å². The van der Waals surface area contributed by atoms with Crippen molar-refractivity contribution in [1.82, 2.24) is 4.90 Å². The third kappa shape index (κ3) is 13.2. The Labute approximate surface area is 430 Å². The second-order valence-electron chi connectivity index (χ2n) is 18.0. The molecular weight excluding hydrogens is 947 g/mol. The summed E-state index contributed by atoms with van der Waals surface area (Å²) >= 11 is 1.39.